The Kier molecular flexibility index (Phi) is 5.56. The highest BCUT2D eigenvalue weighted by molar-refractivity contribution is 7.91. The van der Waals surface area contributed by atoms with Crippen molar-refractivity contribution in [2.75, 3.05) is 0 Å². The van der Waals surface area contributed by atoms with E-state index in [4.69, 9.17) is 0 Å². The largest absolute Gasteiger partial charge is 0.269 e. The molecule has 0 amide bonds. The summed E-state index contributed by atoms with van der Waals surface area (Å²) in [5.41, 5.74) is 1.82. The van der Waals surface area contributed by atoms with Gasteiger partial charge in [0.05, 0.1) is 17.9 Å². The molecular formula is C19H23N5O2S2. The predicted octanol–water partition coefficient (Wildman–Crippen LogP) is 3.43. The molecule has 0 aliphatic heterocycles. The van der Waals surface area contributed by atoms with Crippen molar-refractivity contribution < 1.29 is 8.42 Å². The number of hydrogen-bond acceptors (Lipinski definition) is 6. The molecule has 0 atom stereocenters. The van der Waals surface area contributed by atoms with Crippen molar-refractivity contribution in [1.82, 2.24) is 24.5 Å². The van der Waals surface area contributed by atoms with E-state index < -0.39 is 10.0 Å². The number of sulfonamides is 1. The van der Waals surface area contributed by atoms with Crippen molar-refractivity contribution in [2.24, 2.45) is 0 Å². The Morgan fingerprint density at radius 3 is 2.71 bits per heavy atom. The van der Waals surface area contributed by atoms with Crippen LogP contribution in [0, 0.1) is 0 Å². The Bertz CT molecular complexity index is 1020. The lowest BCUT2D eigenvalue weighted by Gasteiger charge is -2.29. The molecule has 28 heavy (non-hydrogen) atoms. The molecule has 1 fully saturated rings. The first-order chi connectivity index (χ1) is 13.5. The molecule has 3 aromatic heterocycles. The van der Waals surface area contributed by atoms with E-state index in [9.17, 15) is 8.42 Å². The maximum absolute atomic E-state index is 12.6. The fourth-order valence-corrected chi connectivity index (χ4v) is 6.18. The van der Waals surface area contributed by atoms with E-state index in [1.807, 2.05) is 36.1 Å². The van der Waals surface area contributed by atoms with E-state index in [1.54, 1.807) is 12.3 Å². The van der Waals surface area contributed by atoms with Crippen molar-refractivity contribution >= 4 is 21.4 Å². The first-order valence-electron chi connectivity index (χ1n) is 9.47. The molecule has 0 bridgehead atoms. The van der Waals surface area contributed by atoms with Crippen LogP contribution in [0.2, 0.25) is 0 Å². The van der Waals surface area contributed by atoms with Crippen molar-refractivity contribution in [3.63, 3.8) is 0 Å². The summed E-state index contributed by atoms with van der Waals surface area (Å²) in [6.45, 7) is 2.03. The molecule has 1 aliphatic carbocycles. The minimum Gasteiger partial charge on any atom is -0.269 e. The van der Waals surface area contributed by atoms with Crippen LogP contribution in [-0.4, -0.2) is 34.2 Å². The minimum atomic E-state index is -3.43. The Morgan fingerprint density at radius 1 is 1.21 bits per heavy atom. The Hall–Kier alpha value is -2.10. The molecule has 0 aromatic carbocycles. The van der Waals surface area contributed by atoms with Gasteiger partial charge in [0, 0.05) is 28.9 Å². The van der Waals surface area contributed by atoms with E-state index >= 15 is 0 Å². The SMILES string of the molecule is CCc1ccc(S(=O)(=O)NC2CCC(n3cc(-c4ccncn4)cn3)CC2)s1. The van der Waals surface area contributed by atoms with E-state index in [1.165, 1.54) is 17.7 Å². The molecule has 1 N–H and O–H groups in total. The van der Waals surface area contributed by atoms with Gasteiger partial charge in [-0.05, 0) is 50.3 Å². The van der Waals surface area contributed by atoms with Crippen LogP contribution in [0.15, 0.2) is 47.3 Å². The van der Waals surface area contributed by atoms with E-state index in [0.29, 0.717) is 4.21 Å². The van der Waals surface area contributed by atoms with Gasteiger partial charge in [0.2, 0.25) is 10.0 Å². The zero-order chi connectivity index (χ0) is 19.6. The quantitative estimate of drug-likeness (QED) is 0.664. The zero-order valence-corrected chi connectivity index (χ0v) is 17.3. The third-order valence-electron chi connectivity index (χ3n) is 5.12. The molecule has 4 rings (SSSR count). The predicted molar refractivity (Wildman–Crippen MR) is 109 cm³/mol. The molecule has 0 radical (unpaired) electrons. The van der Waals surface area contributed by atoms with Crippen molar-refractivity contribution in [1.29, 1.82) is 0 Å². The van der Waals surface area contributed by atoms with Crippen molar-refractivity contribution in [3.8, 4) is 11.3 Å². The van der Waals surface area contributed by atoms with Gasteiger partial charge in [-0.3, -0.25) is 4.68 Å². The van der Waals surface area contributed by atoms with Crippen LogP contribution < -0.4 is 4.72 Å². The van der Waals surface area contributed by atoms with Gasteiger partial charge in [0.15, 0.2) is 0 Å². The van der Waals surface area contributed by atoms with Gasteiger partial charge >= 0.3 is 0 Å². The fourth-order valence-electron chi connectivity index (χ4n) is 3.56. The van der Waals surface area contributed by atoms with Gasteiger partial charge in [-0.2, -0.15) is 5.10 Å². The highest BCUT2D eigenvalue weighted by atomic mass is 32.2. The van der Waals surface area contributed by atoms with Gasteiger partial charge in [0.1, 0.15) is 10.5 Å². The Labute approximate surface area is 168 Å². The number of aryl methyl sites for hydroxylation is 1. The molecule has 9 heteroatoms. The maximum atomic E-state index is 12.6. The van der Waals surface area contributed by atoms with Crippen LogP contribution in [0.25, 0.3) is 11.3 Å². The average Bonchev–Trinajstić information content (AvgIpc) is 3.39. The molecule has 0 unspecified atom stereocenters. The number of nitrogens with one attached hydrogen (secondary N) is 1. The smallest absolute Gasteiger partial charge is 0.250 e. The maximum Gasteiger partial charge on any atom is 0.250 e. The average molecular weight is 418 g/mol. The lowest BCUT2D eigenvalue weighted by molar-refractivity contribution is 0.294. The van der Waals surface area contributed by atoms with Crippen molar-refractivity contribution in [2.45, 2.75) is 55.3 Å². The van der Waals surface area contributed by atoms with Crippen LogP contribution >= 0.6 is 11.3 Å². The highest BCUT2D eigenvalue weighted by Crippen LogP contribution is 2.31. The van der Waals surface area contributed by atoms with Gasteiger partial charge in [-0.25, -0.2) is 23.1 Å². The summed E-state index contributed by atoms with van der Waals surface area (Å²) < 4.78 is 30.5. The molecule has 1 saturated carbocycles. The van der Waals surface area contributed by atoms with Gasteiger partial charge in [0.25, 0.3) is 0 Å². The highest BCUT2D eigenvalue weighted by Gasteiger charge is 2.27. The van der Waals surface area contributed by atoms with E-state index in [2.05, 4.69) is 19.8 Å². The standard InChI is InChI=1S/C19H23N5O2S2/c1-2-17-7-8-19(27-17)28(25,26)23-15-3-5-16(6-4-15)24-12-14(11-22-24)18-9-10-20-13-21-18/h7-13,15-16,23H,2-6H2,1H3. The summed E-state index contributed by atoms with van der Waals surface area (Å²) in [5, 5.41) is 4.49. The lowest BCUT2D eigenvalue weighted by atomic mass is 9.92. The number of thiophene rings is 1. The van der Waals surface area contributed by atoms with Gasteiger partial charge in [-0.15, -0.1) is 11.3 Å². The van der Waals surface area contributed by atoms with E-state index in [0.717, 1.165) is 48.2 Å². The molecular weight excluding hydrogens is 394 g/mol. The molecule has 1 aliphatic rings. The first kappa shape index (κ1) is 19.2. The van der Waals surface area contributed by atoms with Crippen molar-refractivity contribution in [3.05, 3.63) is 48.0 Å². The number of rotatable bonds is 6. The normalized spacial score (nSPS) is 20.3. The summed E-state index contributed by atoms with van der Waals surface area (Å²) in [6, 6.07) is 5.72. The summed E-state index contributed by atoms with van der Waals surface area (Å²) >= 11 is 1.35. The van der Waals surface area contributed by atoms with Crippen LogP contribution in [-0.2, 0) is 16.4 Å². The fraction of sp³-hybridized carbons (Fsp3) is 0.421. The first-order valence-corrected chi connectivity index (χ1v) is 11.8. The molecule has 3 aromatic rings. The van der Waals surface area contributed by atoms with Crippen LogP contribution in [0.4, 0.5) is 0 Å². The number of aromatic nitrogens is 4. The molecule has 3 heterocycles. The summed E-state index contributed by atoms with van der Waals surface area (Å²) in [6.07, 6.45) is 11.3. The van der Waals surface area contributed by atoms with Crippen LogP contribution in [0.3, 0.4) is 0 Å². The summed E-state index contributed by atoms with van der Waals surface area (Å²) in [7, 11) is -3.43. The second-order valence-electron chi connectivity index (χ2n) is 7.00. The number of hydrogen-bond donors (Lipinski definition) is 1. The zero-order valence-electron chi connectivity index (χ0n) is 15.7. The Morgan fingerprint density at radius 2 is 2.04 bits per heavy atom. The molecule has 7 nitrogen and oxygen atoms in total. The van der Waals surface area contributed by atoms with Gasteiger partial charge < -0.3 is 0 Å². The third-order valence-corrected chi connectivity index (χ3v) is 8.36. The van der Waals surface area contributed by atoms with E-state index in [-0.39, 0.29) is 12.1 Å². The Balaban J connectivity index is 1.36. The summed E-state index contributed by atoms with van der Waals surface area (Å²) in [5.74, 6) is 0. The summed E-state index contributed by atoms with van der Waals surface area (Å²) in [4.78, 5) is 9.28. The third kappa shape index (κ3) is 4.16. The molecule has 148 valence electrons. The van der Waals surface area contributed by atoms with Crippen LogP contribution in [0.1, 0.15) is 43.5 Å². The molecule has 0 saturated heterocycles. The second-order valence-corrected chi connectivity index (χ2v) is 10.1. The lowest BCUT2D eigenvalue weighted by Crippen LogP contribution is -2.37. The monoisotopic (exact) mass is 417 g/mol. The van der Waals surface area contributed by atoms with Crippen LogP contribution in [0.5, 0.6) is 0 Å². The topological polar surface area (TPSA) is 89.8 Å². The van der Waals surface area contributed by atoms with Gasteiger partial charge in [-0.1, -0.05) is 6.92 Å². The minimum absolute atomic E-state index is 0.0228. The second kappa shape index (κ2) is 8.10. The number of nitrogens with zero attached hydrogens (tertiary/aromatic N) is 4. The molecule has 0 spiro atoms.